The summed E-state index contributed by atoms with van der Waals surface area (Å²) in [6.07, 6.45) is 5.35. The van der Waals surface area contributed by atoms with Crippen molar-refractivity contribution in [3.05, 3.63) is 84.7 Å². The molecule has 0 unspecified atom stereocenters. The zero-order chi connectivity index (χ0) is 19.9. The second kappa shape index (κ2) is 9.04. The predicted molar refractivity (Wildman–Crippen MR) is 111 cm³/mol. The summed E-state index contributed by atoms with van der Waals surface area (Å²) in [5, 5.41) is 0. The Balaban J connectivity index is 1.91. The normalized spacial score (nSPS) is 10.5. The lowest BCUT2D eigenvalue weighted by Gasteiger charge is -2.23. The van der Waals surface area contributed by atoms with Gasteiger partial charge in [0, 0.05) is 38.1 Å². The highest BCUT2D eigenvalue weighted by atomic mass is 16.5. The molecule has 3 aromatic rings. The molecule has 0 aliphatic rings. The van der Waals surface area contributed by atoms with E-state index >= 15 is 0 Å². The lowest BCUT2D eigenvalue weighted by molar-refractivity contribution is 0.0763. The van der Waals surface area contributed by atoms with Gasteiger partial charge in [-0.15, -0.1) is 6.58 Å². The van der Waals surface area contributed by atoms with Crippen LogP contribution in [-0.2, 0) is 13.6 Å². The molecule has 0 radical (unpaired) electrons. The number of benzene rings is 2. The molecule has 0 saturated carbocycles. The topological polar surface area (TPSA) is 47.4 Å². The molecule has 1 aromatic heterocycles. The molecule has 0 aliphatic carbocycles. The van der Waals surface area contributed by atoms with Gasteiger partial charge in [0.15, 0.2) is 0 Å². The zero-order valence-corrected chi connectivity index (χ0v) is 16.3. The lowest BCUT2D eigenvalue weighted by atomic mass is 10.0. The van der Waals surface area contributed by atoms with Crippen molar-refractivity contribution in [2.45, 2.75) is 13.5 Å². The van der Waals surface area contributed by atoms with Gasteiger partial charge in [-0.05, 0) is 30.7 Å². The molecule has 0 fully saturated rings. The van der Waals surface area contributed by atoms with Crippen LogP contribution in [0.1, 0.15) is 22.8 Å². The molecule has 5 heteroatoms. The molecule has 0 N–H and O–H groups in total. The summed E-state index contributed by atoms with van der Waals surface area (Å²) >= 11 is 0. The van der Waals surface area contributed by atoms with Crippen LogP contribution in [0.2, 0.25) is 0 Å². The third-order valence-corrected chi connectivity index (χ3v) is 4.44. The smallest absolute Gasteiger partial charge is 0.255 e. The minimum atomic E-state index is -0.0553. The van der Waals surface area contributed by atoms with Gasteiger partial charge < -0.3 is 14.2 Å². The van der Waals surface area contributed by atoms with Crippen LogP contribution < -0.4 is 4.74 Å². The summed E-state index contributed by atoms with van der Waals surface area (Å²) in [7, 11) is 1.92. The van der Waals surface area contributed by atoms with Crippen LogP contribution in [0.3, 0.4) is 0 Å². The molecule has 1 amide bonds. The summed E-state index contributed by atoms with van der Waals surface area (Å²) in [5.74, 6) is 1.51. The number of imidazole rings is 1. The molecular weight excluding hydrogens is 350 g/mol. The first-order valence-electron chi connectivity index (χ1n) is 9.32. The quantitative estimate of drug-likeness (QED) is 0.551. The predicted octanol–water partition coefficient (Wildman–Crippen LogP) is 4.31. The van der Waals surface area contributed by atoms with Crippen molar-refractivity contribution in [3.63, 3.8) is 0 Å². The summed E-state index contributed by atoms with van der Waals surface area (Å²) < 4.78 is 7.49. The highest BCUT2D eigenvalue weighted by Crippen LogP contribution is 2.24. The Labute approximate surface area is 165 Å². The summed E-state index contributed by atoms with van der Waals surface area (Å²) in [4.78, 5) is 19.6. The maximum Gasteiger partial charge on any atom is 0.255 e. The Hall–Kier alpha value is -3.34. The monoisotopic (exact) mass is 375 g/mol. The van der Waals surface area contributed by atoms with Crippen LogP contribution in [0.4, 0.5) is 0 Å². The summed E-state index contributed by atoms with van der Waals surface area (Å²) in [6, 6.07) is 15.4. The molecule has 0 bridgehead atoms. The number of aromatic nitrogens is 2. The number of amides is 1. The Morgan fingerprint density at radius 2 is 2.07 bits per heavy atom. The Morgan fingerprint density at radius 1 is 1.25 bits per heavy atom. The third kappa shape index (κ3) is 4.31. The molecular formula is C23H25N3O2. The van der Waals surface area contributed by atoms with E-state index in [1.165, 1.54) is 0 Å². The average molecular weight is 375 g/mol. The first-order chi connectivity index (χ1) is 13.6. The van der Waals surface area contributed by atoms with Gasteiger partial charge in [-0.25, -0.2) is 4.98 Å². The van der Waals surface area contributed by atoms with Crippen molar-refractivity contribution in [3.8, 4) is 17.1 Å². The molecule has 0 atom stereocenters. The van der Waals surface area contributed by atoms with E-state index in [1.54, 1.807) is 17.2 Å². The Bertz CT molecular complexity index is 962. The van der Waals surface area contributed by atoms with Crippen molar-refractivity contribution in [2.24, 2.45) is 7.05 Å². The Kier molecular flexibility index (Phi) is 6.27. The first-order valence-corrected chi connectivity index (χ1v) is 9.32. The van der Waals surface area contributed by atoms with Crippen LogP contribution in [0.5, 0.6) is 5.75 Å². The standard InChI is InChI=1S/C23H25N3O2/c1-4-14-26(17-18-9-8-10-19(16-18)28-5-2)23(27)21-12-7-6-11-20(21)22-24-13-15-25(22)3/h4,6-13,15-16H,1,5,14,17H2,2-3H3. The number of aryl methyl sites for hydroxylation is 1. The van der Waals surface area contributed by atoms with Crippen molar-refractivity contribution >= 4 is 5.91 Å². The van der Waals surface area contributed by atoms with Gasteiger partial charge in [0.1, 0.15) is 11.6 Å². The first kappa shape index (κ1) is 19.4. The molecule has 0 saturated heterocycles. The lowest BCUT2D eigenvalue weighted by Crippen LogP contribution is -2.31. The molecule has 144 valence electrons. The number of nitrogens with zero attached hydrogens (tertiary/aromatic N) is 3. The number of rotatable bonds is 8. The minimum absolute atomic E-state index is 0.0553. The molecule has 0 spiro atoms. The van der Waals surface area contributed by atoms with Gasteiger partial charge in [-0.3, -0.25) is 4.79 Å². The molecule has 1 heterocycles. The number of hydrogen-bond donors (Lipinski definition) is 0. The zero-order valence-electron chi connectivity index (χ0n) is 16.3. The maximum absolute atomic E-state index is 13.4. The third-order valence-electron chi connectivity index (χ3n) is 4.44. The van der Waals surface area contributed by atoms with Crippen molar-refractivity contribution in [1.29, 1.82) is 0 Å². The average Bonchev–Trinajstić information content (AvgIpc) is 3.13. The van der Waals surface area contributed by atoms with Crippen LogP contribution >= 0.6 is 0 Å². The molecule has 3 rings (SSSR count). The largest absolute Gasteiger partial charge is 0.494 e. The fourth-order valence-corrected chi connectivity index (χ4v) is 3.16. The second-order valence-corrected chi connectivity index (χ2v) is 6.46. The van der Waals surface area contributed by atoms with E-state index in [-0.39, 0.29) is 5.91 Å². The number of hydrogen-bond acceptors (Lipinski definition) is 3. The SMILES string of the molecule is C=CCN(Cc1cccc(OCC)c1)C(=O)c1ccccc1-c1nccn1C. The minimum Gasteiger partial charge on any atom is -0.494 e. The van der Waals surface area contributed by atoms with Crippen molar-refractivity contribution in [1.82, 2.24) is 14.5 Å². The van der Waals surface area contributed by atoms with Gasteiger partial charge in [-0.2, -0.15) is 0 Å². The number of carbonyl (C=O) groups is 1. The van der Waals surface area contributed by atoms with Gasteiger partial charge >= 0.3 is 0 Å². The van der Waals surface area contributed by atoms with Crippen LogP contribution in [0, 0.1) is 0 Å². The van der Waals surface area contributed by atoms with E-state index in [0.29, 0.717) is 25.3 Å². The highest BCUT2D eigenvalue weighted by molar-refractivity contribution is 6.00. The van der Waals surface area contributed by atoms with E-state index < -0.39 is 0 Å². The van der Waals surface area contributed by atoms with Crippen molar-refractivity contribution < 1.29 is 9.53 Å². The van der Waals surface area contributed by atoms with Gasteiger partial charge in [0.2, 0.25) is 0 Å². The van der Waals surface area contributed by atoms with E-state index in [9.17, 15) is 4.79 Å². The number of carbonyl (C=O) groups excluding carboxylic acids is 1. The van der Waals surface area contributed by atoms with Crippen LogP contribution in [0.15, 0.2) is 73.6 Å². The maximum atomic E-state index is 13.4. The van der Waals surface area contributed by atoms with Gasteiger partial charge in [0.05, 0.1) is 12.2 Å². The molecule has 0 aliphatic heterocycles. The van der Waals surface area contributed by atoms with E-state index in [4.69, 9.17) is 4.74 Å². The summed E-state index contributed by atoms with van der Waals surface area (Å²) in [5.41, 5.74) is 2.45. The number of ether oxygens (including phenoxy) is 1. The summed E-state index contributed by atoms with van der Waals surface area (Å²) in [6.45, 7) is 7.30. The Morgan fingerprint density at radius 3 is 2.79 bits per heavy atom. The van der Waals surface area contributed by atoms with E-state index in [1.807, 2.05) is 73.3 Å². The van der Waals surface area contributed by atoms with Crippen molar-refractivity contribution in [2.75, 3.05) is 13.2 Å². The highest BCUT2D eigenvalue weighted by Gasteiger charge is 2.20. The molecule has 2 aromatic carbocycles. The van der Waals surface area contributed by atoms with Gasteiger partial charge in [-0.1, -0.05) is 36.4 Å². The van der Waals surface area contributed by atoms with Crippen LogP contribution in [-0.4, -0.2) is 33.5 Å². The van der Waals surface area contributed by atoms with Gasteiger partial charge in [0.25, 0.3) is 5.91 Å². The fourth-order valence-electron chi connectivity index (χ4n) is 3.16. The molecule has 5 nitrogen and oxygen atoms in total. The van der Waals surface area contributed by atoms with E-state index in [2.05, 4.69) is 11.6 Å². The second-order valence-electron chi connectivity index (χ2n) is 6.46. The molecule has 28 heavy (non-hydrogen) atoms. The van der Waals surface area contributed by atoms with Crippen LogP contribution in [0.25, 0.3) is 11.4 Å². The van der Waals surface area contributed by atoms with E-state index in [0.717, 1.165) is 22.7 Å². The fraction of sp³-hybridized carbons (Fsp3) is 0.217.